The molecule has 0 atom stereocenters. The van der Waals surface area contributed by atoms with Crippen molar-refractivity contribution in [2.45, 2.75) is 44.1 Å². The molecule has 0 aromatic carbocycles. The number of carbonyl (C=O) groups excluding carboxylic acids is 1. The van der Waals surface area contributed by atoms with E-state index in [-0.39, 0.29) is 11.4 Å². The Labute approximate surface area is 151 Å². The zero-order valence-corrected chi connectivity index (χ0v) is 15.0. The molecule has 0 aliphatic heterocycles. The van der Waals surface area contributed by atoms with Crippen LogP contribution in [0.5, 0.6) is 0 Å². The standard InChI is InChI=1S/C18H22ClN5O/c1-23-16(14(19)10-20-23)17(25)21-15-2-3-24(22-15)18-7-11-4-12(8-18)6-13(5-11)9-18/h2-3,10-13H,4-9H2,1H3,(H,21,22,25). The molecule has 0 unspecified atom stereocenters. The monoisotopic (exact) mass is 359 g/mol. The molecule has 2 aromatic rings. The molecule has 2 aromatic heterocycles. The Morgan fingerprint density at radius 1 is 1.24 bits per heavy atom. The molecule has 6 rings (SSSR count). The first kappa shape index (κ1) is 15.4. The number of anilines is 1. The summed E-state index contributed by atoms with van der Waals surface area (Å²) in [5, 5.41) is 11.9. The number of carbonyl (C=O) groups is 1. The lowest BCUT2D eigenvalue weighted by Gasteiger charge is -2.56. The van der Waals surface area contributed by atoms with E-state index in [2.05, 4.69) is 15.1 Å². The second-order valence-electron chi connectivity index (χ2n) is 8.21. The lowest BCUT2D eigenvalue weighted by atomic mass is 9.53. The summed E-state index contributed by atoms with van der Waals surface area (Å²) in [5.41, 5.74) is 0.521. The van der Waals surface area contributed by atoms with Crippen LogP contribution in [0.4, 0.5) is 5.82 Å². The van der Waals surface area contributed by atoms with Crippen molar-refractivity contribution in [2.75, 3.05) is 5.32 Å². The minimum atomic E-state index is -0.277. The molecule has 2 heterocycles. The molecule has 0 spiro atoms. The molecule has 1 amide bonds. The van der Waals surface area contributed by atoms with E-state index in [1.807, 2.05) is 12.3 Å². The Morgan fingerprint density at radius 3 is 2.44 bits per heavy atom. The van der Waals surface area contributed by atoms with Crippen molar-refractivity contribution in [3.63, 3.8) is 0 Å². The number of nitrogens with zero attached hydrogens (tertiary/aromatic N) is 4. The van der Waals surface area contributed by atoms with Crippen molar-refractivity contribution in [1.29, 1.82) is 0 Å². The molecule has 132 valence electrons. The number of aromatic nitrogens is 4. The summed E-state index contributed by atoms with van der Waals surface area (Å²) in [5.74, 6) is 2.89. The Balaban J connectivity index is 1.38. The van der Waals surface area contributed by atoms with E-state index in [9.17, 15) is 4.79 Å². The molecule has 1 N–H and O–H groups in total. The van der Waals surface area contributed by atoms with Crippen LogP contribution >= 0.6 is 11.6 Å². The van der Waals surface area contributed by atoms with Crippen molar-refractivity contribution in [3.05, 3.63) is 29.2 Å². The number of nitrogens with one attached hydrogen (secondary N) is 1. The van der Waals surface area contributed by atoms with Crippen LogP contribution in [0.15, 0.2) is 18.5 Å². The third-order valence-electron chi connectivity index (χ3n) is 6.43. The first-order valence-corrected chi connectivity index (χ1v) is 9.45. The van der Waals surface area contributed by atoms with Crippen LogP contribution in [0.2, 0.25) is 5.02 Å². The zero-order chi connectivity index (χ0) is 17.2. The van der Waals surface area contributed by atoms with E-state index in [0.717, 1.165) is 17.8 Å². The van der Waals surface area contributed by atoms with Gasteiger partial charge in [-0.3, -0.25) is 14.2 Å². The third kappa shape index (κ3) is 2.41. The molecule has 4 fully saturated rings. The third-order valence-corrected chi connectivity index (χ3v) is 6.71. The summed E-state index contributed by atoms with van der Waals surface area (Å²) >= 11 is 6.05. The molecule has 25 heavy (non-hydrogen) atoms. The Hall–Kier alpha value is -1.82. The van der Waals surface area contributed by atoms with Gasteiger partial charge in [-0.2, -0.15) is 10.2 Å². The molecule has 0 saturated heterocycles. The van der Waals surface area contributed by atoms with Crippen LogP contribution in [-0.2, 0) is 12.6 Å². The molecular weight excluding hydrogens is 338 g/mol. The molecule has 4 bridgehead atoms. The number of hydrogen-bond acceptors (Lipinski definition) is 3. The minimum absolute atomic E-state index is 0.169. The van der Waals surface area contributed by atoms with Gasteiger partial charge in [-0.05, 0) is 56.3 Å². The Bertz CT molecular complexity index is 784. The largest absolute Gasteiger partial charge is 0.304 e. The predicted molar refractivity (Wildman–Crippen MR) is 94.5 cm³/mol. The molecule has 4 saturated carbocycles. The van der Waals surface area contributed by atoms with Gasteiger partial charge in [0, 0.05) is 19.3 Å². The van der Waals surface area contributed by atoms with Crippen molar-refractivity contribution >= 4 is 23.3 Å². The SMILES string of the molecule is Cn1ncc(Cl)c1C(=O)Nc1ccn(C23CC4CC(CC(C4)C2)C3)n1. The van der Waals surface area contributed by atoms with Crippen molar-refractivity contribution in [2.24, 2.45) is 24.8 Å². The molecule has 4 aliphatic rings. The summed E-state index contributed by atoms with van der Waals surface area (Å²) in [4.78, 5) is 12.5. The number of hydrogen-bond donors (Lipinski definition) is 1. The Morgan fingerprint density at radius 2 is 1.88 bits per heavy atom. The van der Waals surface area contributed by atoms with E-state index >= 15 is 0 Å². The van der Waals surface area contributed by atoms with Crippen molar-refractivity contribution in [1.82, 2.24) is 19.6 Å². The van der Waals surface area contributed by atoms with Crippen LogP contribution in [-0.4, -0.2) is 25.5 Å². The quantitative estimate of drug-likeness (QED) is 0.912. The Kier molecular flexibility index (Phi) is 3.29. The van der Waals surface area contributed by atoms with E-state index in [1.165, 1.54) is 49.4 Å². The first-order chi connectivity index (χ1) is 12.0. The van der Waals surface area contributed by atoms with Crippen LogP contribution in [0, 0.1) is 17.8 Å². The smallest absolute Gasteiger partial charge is 0.276 e. The fourth-order valence-corrected chi connectivity index (χ4v) is 6.09. The molecule has 4 aliphatic carbocycles. The highest BCUT2D eigenvalue weighted by Gasteiger charge is 2.52. The van der Waals surface area contributed by atoms with Crippen LogP contribution in [0.3, 0.4) is 0 Å². The number of aryl methyl sites for hydroxylation is 1. The van der Waals surface area contributed by atoms with Gasteiger partial charge in [-0.25, -0.2) is 0 Å². The highest BCUT2D eigenvalue weighted by Crippen LogP contribution is 2.58. The molecule has 7 heteroatoms. The fourth-order valence-electron chi connectivity index (χ4n) is 5.84. The van der Waals surface area contributed by atoms with Gasteiger partial charge in [0.15, 0.2) is 5.82 Å². The van der Waals surface area contributed by atoms with E-state index in [0.29, 0.717) is 16.5 Å². The maximum atomic E-state index is 12.5. The van der Waals surface area contributed by atoms with Gasteiger partial charge < -0.3 is 5.32 Å². The maximum absolute atomic E-state index is 12.5. The van der Waals surface area contributed by atoms with Gasteiger partial charge in [0.25, 0.3) is 5.91 Å². The number of rotatable bonds is 3. The molecule has 0 radical (unpaired) electrons. The second-order valence-corrected chi connectivity index (χ2v) is 8.61. The van der Waals surface area contributed by atoms with Gasteiger partial charge >= 0.3 is 0 Å². The molecular formula is C18H22ClN5O. The van der Waals surface area contributed by atoms with Gasteiger partial charge in [-0.15, -0.1) is 0 Å². The average molecular weight is 360 g/mol. The second kappa shape index (κ2) is 5.34. The summed E-state index contributed by atoms with van der Waals surface area (Å²) in [6, 6.07) is 1.89. The summed E-state index contributed by atoms with van der Waals surface area (Å²) in [6.45, 7) is 0. The average Bonchev–Trinajstić information content (AvgIpc) is 3.13. The van der Waals surface area contributed by atoms with Crippen LogP contribution in [0.1, 0.15) is 49.0 Å². The van der Waals surface area contributed by atoms with E-state index in [1.54, 1.807) is 7.05 Å². The number of amides is 1. The van der Waals surface area contributed by atoms with Crippen LogP contribution in [0.25, 0.3) is 0 Å². The lowest BCUT2D eigenvalue weighted by molar-refractivity contribution is -0.0492. The summed E-state index contributed by atoms with van der Waals surface area (Å²) < 4.78 is 3.62. The first-order valence-electron chi connectivity index (χ1n) is 9.07. The fraction of sp³-hybridized carbons (Fsp3) is 0.611. The van der Waals surface area contributed by atoms with Crippen molar-refractivity contribution < 1.29 is 4.79 Å². The van der Waals surface area contributed by atoms with Crippen molar-refractivity contribution in [3.8, 4) is 0 Å². The van der Waals surface area contributed by atoms with E-state index < -0.39 is 0 Å². The normalized spacial score (nSPS) is 33.0. The van der Waals surface area contributed by atoms with Crippen LogP contribution < -0.4 is 5.32 Å². The van der Waals surface area contributed by atoms with E-state index in [4.69, 9.17) is 16.7 Å². The summed E-state index contributed by atoms with van der Waals surface area (Å²) in [6.07, 6.45) is 11.4. The highest BCUT2D eigenvalue weighted by molar-refractivity contribution is 6.34. The summed E-state index contributed by atoms with van der Waals surface area (Å²) in [7, 11) is 1.70. The van der Waals surface area contributed by atoms with Gasteiger partial charge in [-0.1, -0.05) is 11.6 Å². The zero-order valence-electron chi connectivity index (χ0n) is 14.3. The lowest BCUT2D eigenvalue weighted by Crippen LogP contribution is -2.52. The van der Waals surface area contributed by atoms with Gasteiger partial charge in [0.1, 0.15) is 5.69 Å². The predicted octanol–water partition coefficient (Wildman–Crippen LogP) is 3.45. The van der Waals surface area contributed by atoms with Gasteiger partial charge in [0.05, 0.1) is 16.8 Å². The van der Waals surface area contributed by atoms with Gasteiger partial charge in [0.2, 0.25) is 0 Å². The maximum Gasteiger partial charge on any atom is 0.276 e. The minimum Gasteiger partial charge on any atom is -0.304 e. The highest BCUT2D eigenvalue weighted by atomic mass is 35.5. The topological polar surface area (TPSA) is 64.7 Å². The molecule has 6 nitrogen and oxygen atoms in total. The number of halogens is 1.